The van der Waals surface area contributed by atoms with Gasteiger partial charge in [-0.05, 0) is 19.1 Å². The summed E-state index contributed by atoms with van der Waals surface area (Å²) in [6, 6.07) is 5.43. The molecule has 1 heterocycles. The maximum Gasteiger partial charge on any atom is 0.182 e. The molecule has 2 aromatic rings. The minimum Gasteiger partial charge on any atom is -0.379 e. The zero-order chi connectivity index (χ0) is 17.7. The van der Waals surface area contributed by atoms with Crippen molar-refractivity contribution in [2.24, 2.45) is 4.99 Å². The largest absolute Gasteiger partial charge is 0.379 e. The van der Waals surface area contributed by atoms with Crippen LogP contribution in [-0.2, 0) is 6.54 Å². The van der Waals surface area contributed by atoms with Crippen LogP contribution in [0.5, 0.6) is 0 Å². The molecule has 0 amide bonds. The molecule has 0 aliphatic rings. The number of hydrogen-bond donors (Lipinski definition) is 1. The van der Waals surface area contributed by atoms with Crippen LogP contribution in [0.25, 0.3) is 0 Å². The normalized spacial score (nSPS) is 11.2. The minimum absolute atomic E-state index is 0.0147. The third kappa shape index (κ3) is 4.07. The average Bonchev–Trinajstić information content (AvgIpc) is 2.56. The second kappa shape index (κ2) is 7.54. The highest BCUT2D eigenvalue weighted by atomic mass is 19.2. The number of benzene rings is 1. The van der Waals surface area contributed by atoms with Gasteiger partial charge in [0.2, 0.25) is 0 Å². The van der Waals surface area contributed by atoms with Crippen LogP contribution in [-0.4, -0.2) is 21.7 Å². The Morgan fingerprint density at radius 3 is 2.75 bits per heavy atom. The van der Waals surface area contributed by atoms with Crippen LogP contribution in [0.3, 0.4) is 0 Å². The zero-order valence-electron chi connectivity index (χ0n) is 13.3. The minimum atomic E-state index is -0.933. The van der Waals surface area contributed by atoms with Crippen LogP contribution in [0.1, 0.15) is 29.9 Å². The molecule has 0 unspecified atom stereocenters. The molecule has 0 saturated carbocycles. The molecule has 5 nitrogen and oxygen atoms in total. The van der Waals surface area contributed by atoms with E-state index in [0.717, 1.165) is 6.07 Å². The van der Waals surface area contributed by atoms with E-state index in [2.05, 4.69) is 27.1 Å². The first kappa shape index (κ1) is 17.4. The van der Waals surface area contributed by atoms with E-state index < -0.39 is 11.6 Å². The highest BCUT2D eigenvalue weighted by Gasteiger charge is 2.13. The number of carbonyl (C=O) groups is 1. The fraction of sp³-hybridized carbons (Fsp3) is 0.176. The van der Waals surface area contributed by atoms with Gasteiger partial charge in [0.25, 0.3) is 0 Å². The Hall–Kier alpha value is -2.96. The van der Waals surface area contributed by atoms with Gasteiger partial charge in [0.05, 0.1) is 5.69 Å². The molecule has 0 aliphatic heterocycles. The van der Waals surface area contributed by atoms with Crippen LogP contribution >= 0.6 is 0 Å². The van der Waals surface area contributed by atoms with E-state index in [9.17, 15) is 13.6 Å². The monoisotopic (exact) mass is 330 g/mol. The number of ketones is 1. The lowest BCUT2D eigenvalue weighted by atomic mass is 10.2. The first-order valence-corrected chi connectivity index (χ1v) is 7.15. The molecular formula is C17H16F2N4O. The third-order valence-corrected chi connectivity index (χ3v) is 3.20. The Balaban J connectivity index is 2.32. The topological polar surface area (TPSA) is 67.2 Å². The van der Waals surface area contributed by atoms with Crippen molar-refractivity contribution in [3.63, 3.8) is 0 Å². The van der Waals surface area contributed by atoms with Gasteiger partial charge in [0, 0.05) is 30.8 Å². The molecule has 1 aromatic carbocycles. The molecule has 7 heteroatoms. The molecule has 1 N–H and O–H groups in total. The SMILES string of the molecule is C=CC(C)=Nc1cc(NCc2cccc(F)c2F)c(C(C)=O)nn1. The van der Waals surface area contributed by atoms with Gasteiger partial charge in [-0.2, -0.15) is 0 Å². The summed E-state index contributed by atoms with van der Waals surface area (Å²) in [5, 5.41) is 10.6. The molecule has 0 radical (unpaired) electrons. The molecule has 2 rings (SSSR count). The molecule has 0 aliphatic carbocycles. The van der Waals surface area contributed by atoms with Crippen molar-refractivity contribution in [1.82, 2.24) is 10.2 Å². The number of halogens is 2. The van der Waals surface area contributed by atoms with Gasteiger partial charge in [0.1, 0.15) is 0 Å². The van der Waals surface area contributed by atoms with Crippen molar-refractivity contribution in [1.29, 1.82) is 0 Å². The lowest BCUT2D eigenvalue weighted by molar-refractivity contribution is 0.101. The van der Waals surface area contributed by atoms with Gasteiger partial charge in [0.15, 0.2) is 28.9 Å². The first-order chi connectivity index (χ1) is 11.4. The average molecular weight is 330 g/mol. The predicted octanol–water partition coefficient (Wildman–Crippen LogP) is 3.85. The fourth-order valence-electron chi connectivity index (χ4n) is 1.93. The van der Waals surface area contributed by atoms with Gasteiger partial charge >= 0.3 is 0 Å². The Labute approximate surface area is 138 Å². The second-order valence-corrected chi connectivity index (χ2v) is 5.04. The number of Topliss-reactive ketones (excluding diaryl/α,β-unsaturated/α-hetero) is 1. The molecule has 0 spiro atoms. The Bertz CT molecular complexity index is 818. The Kier molecular flexibility index (Phi) is 5.47. The molecule has 124 valence electrons. The number of aromatic nitrogens is 2. The lowest BCUT2D eigenvalue weighted by Gasteiger charge is -2.10. The lowest BCUT2D eigenvalue weighted by Crippen LogP contribution is -2.09. The van der Waals surface area contributed by atoms with Crippen LogP contribution < -0.4 is 5.32 Å². The summed E-state index contributed by atoms with van der Waals surface area (Å²) in [5.41, 5.74) is 1.20. The van der Waals surface area contributed by atoms with Gasteiger partial charge in [-0.1, -0.05) is 18.7 Å². The van der Waals surface area contributed by atoms with Gasteiger partial charge in [-0.25, -0.2) is 13.8 Å². The number of hydrogen-bond acceptors (Lipinski definition) is 5. The number of allylic oxidation sites excluding steroid dienone is 1. The quantitative estimate of drug-likeness (QED) is 0.645. The Morgan fingerprint density at radius 2 is 2.08 bits per heavy atom. The van der Waals surface area contributed by atoms with Gasteiger partial charge < -0.3 is 5.32 Å². The van der Waals surface area contributed by atoms with Crippen molar-refractivity contribution in [3.05, 3.63) is 59.8 Å². The molecule has 0 saturated heterocycles. The summed E-state index contributed by atoms with van der Waals surface area (Å²) in [4.78, 5) is 15.8. The summed E-state index contributed by atoms with van der Waals surface area (Å²) in [6.07, 6.45) is 1.55. The number of rotatable bonds is 6. The Morgan fingerprint density at radius 1 is 1.33 bits per heavy atom. The van der Waals surface area contributed by atoms with Crippen molar-refractivity contribution >= 4 is 23.0 Å². The summed E-state index contributed by atoms with van der Waals surface area (Å²) in [7, 11) is 0. The van der Waals surface area contributed by atoms with Crippen LogP contribution in [0.2, 0.25) is 0 Å². The number of nitrogens with zero attached hydrogens (tertiary/aromatic N) is 3. The summed E-state index contributed by atoms with van der Waals surface area (Å²) < 4.78 is 27.0. The highest BCUT2D eigenvalue weighted by molar-refractivity contribution is 5.98. The van der Waals surface area contributed by atoms with Gasteiger partial charge in [-0.15, -0.1) is 10.2 Å². The van der Waals surface area contributed by atoms with E-state index >= 15 is 0 Å². The van der Waals surface area contributed by atoms with E-state index in [4.69, 9.17) is 0 Å². The molecule has 0 fully saturated rings. The van der Waals surface area contributed by atoms with E-state index in [0.29, 0.717) is 11.4 Å². The highest BCUT2D eigenvalue weighted by Crippen LogP contribution is 2.21. The standard InChI is InChI=1S/C17H16F2N4O/c1-4-10(2)21-15-8-14(17(11(3)24)23-22-15)20-9-12-6-5-7-13(18)16(12)19/h4-8H,1,9H2,2-3H3,(H,20,22). The van der Waals surface area contributed by atoms with E-state index in [-0.39, 0.29) is 29.4 Å². The molecule has 0 atom stereocenters. The summed E-state index contributed by atoms with van der Waals surface area (Å²) >= 11 is 0. The predicted molar refractivity (Wildman–Crippen MR) is 88.7 cm³/mol. The van der Waals surface area contributed by atoms with Crippen molar-refractivity contribution in [2.45, 2.75) is 20.4 Å². The summed E-state index contributed by atoms with van der Waals surface area (Å²) in [5.74, 6) is -1.89. The smallest absolute Gasteiger partial charge is 0.182 e. The first-order valence-electron chi connectivity index (χ1n) is 7.15. The maximum absolute atomic E-state index is 13.7. The number of anilines is 1. The van der Waals surface area contributed by atoms with Crippen molar-refractivity contribution in [3.8, 4) is 0 Å². The second-order valence-electron chi connectivity index (χ2n) is 5.04. The maximum atomic E-state index is 13.7. The van der Waals surface area contributed by atoms with Gasteiger partial charge in [-0.3, -0.25) is 4.79 Å². The molecule has 24 heavy (non-hydrogen) atoms. The van der Waals surface area contributed by atoms with Crippen molar-refractivity contribution < 1.29 is 13.6 Å². The van der Waals surface area contributed by atoms with Crippen molar-refractivity contribution in [2.75, 3.05) is 5.32 Å². The molecule has 0 bridgehead atoms. The van der Waals surface area contributed by atoms with Crippen LogP contribution in [0.15, 0.2) is 41.9 Å². The number of carbonyl (C=O) groups excluding carboxylic acids is 1. The van der Waals surface area contributed by atoms with E-state index in [1.54, 1.807) is 13.0 Å². The summed E-state index contributed by atoms with van der Waals surface area (Å²) in [6.45, 7) is 6.66. The molecular weight excluding hydrogens is 314 g/mol. The molecule has 1 aromatic heterocycles. The number of nitrogens with one attached hydrogen (secondary N) is 1. The van der Waals surface area contributed by atoms with E-state index in [1.807, 2.05) is 0 Å². The van der Waals surface area contributed by atoms with Crippen LogP contribution in [0.4, 0.5) is 20.3 Å². The van der Waals surface area contributed by atoms with Crippen LogP contribution in [0, 0.1) is 11.6 Å². The zero-order valence-corrected chi connectivity index (χ0v) is 13.3. The third-order valence-electron chi connectivity index (χ3n) is 3.20. The van der Waals surface area contributed by atoms with E-state index in [1.165, 1.54) is 25.1 Å². The fourth-order valence-corrected chi connectivity index (χ4v) is 1.93. The number of aliphatic imine (C=N–C) groups is 1.